The van der Waals surface area contributed by atoms with Crippen molar-refractivity contribution in [2.45, 2.75) is 55.9 Å². The number of benzene rings is 1. The van der Waals surface area contributed by atoms with E-state index in [-0.39, 0.29) is 5.91 Å². The summed E-state index contributed by atoms with van der Waals surface area (Å²) in [6.45, 7) is 2.05. The molecule has 1 aromatic rings. The van der Waals surface area contributed by atoms with E-state index < -0.39 is 5.54 Å². The molecular formula is C17H22N2OS. The number of carbonyl (C=O) groups is 1. The van der Waals surface area contributed by atoms with Gasteiger partial charge in [0.05, 0.1) is 11.8 Å². The average molecular weight is 302 g/mol. The molecule has 0 bridgehead atoms. The Hall–Kier alpha value is -1.47. The van der Waals surface area contributed by atoms with Crippen molar-refractivity contribution in [2.24, 2.45) is 0 Å². The van der Waals surface area contributed by atoms with Gasteiger partial charge in [-0.1, -0.05) is 43.4 Å². The van der Waals surface area contributed by atoms with Crippen LogP contribution in [0.5, 0.6) is 0 Å². The summed E-state index contributed by atoms with van der Waals surface area (Å²) in [6.07, 6.45) is 5.95. The third-order valence-corrected chi connectivity index (χ3v) is 4.95. The van der Waals surface area contributed by atoms with Crippen LogP contribution in [0.3, 0.4) is 0 Å². The third-order valence-electron chi connectivity index (χ3n) is 3.94. The minimum atomic E-state index is -0.637. The summed E-state index contributed by atoms with van der Waals surface area (Å²) in [5, 5.41) is 12.4. The predicted octanol–water partition coefficient (Wildman–Crippen LogP) is 3.82. The maximum Gasteiger partial charge on any atom is 0.231 e. The normalized spacial score (nSPS) is 17.5. The van der Waals surface area contributed by atoms with Crippen LogP contribution < -0.4 is 5.32 Å². The van der Waals surface area contributed by atoms with Crippen molar-refractivity contribution < 1.29 is 4.79 Å². The molecule has 0 aliphatic heterocycles. The fourth-order valence-corrected chi connectivity index (χ4v) is 3.38. The highest BCUT2D eigenvalue weighted by Gasteiger charge is 2.32. The van der Waals surface area contributed by atoms with E-state index in [1.807, 2.05) is 31.2 Å². The summed E-state index contributed by atoms with van der Waals surface area (Å²) in [4.78, 5) is 13.2. The molecule has 0 unspecified atom stereocenters. The fraction of sp³-hybridized carbons (Fsp3) is 0.529. The summed E-state index contributed by atoms with van der Waals surface area (Å²) in [7, 11) is 0. The molecular weight excluding hydrogens is 280 g/mol. The maximum atomic E-state index is 12.1. The summed E-state index contributed by atoms with van der Waals surface area (Å²) >= 11 is 1.52. The van der Waals surface area contributed by atoms with Gasteiger partial charge in [0.2, 0.25) is 5.91 Å². The van der Waals surface area contributed by atoms with Crippen LogP contribution in [0.4, 0.5) is 0 Å². The van der Waals surface area contributed by atoms with Crippen LogP contribution in [-0.4, -0.2) is 17.2 Å². The van der Waals surface area contributed by atoms with Crippen LogP contribution in [0.1, 0.15) is 44.1 Å². The monoisotopic (exact) mass is 302 g/mol. The fourth-order valence-electron chi connectivity index (χ4n) is 2.68. The first-order chi connectivity index (χ1) is 10.1. The SMILES string of the molecule is Cc1ccc(SCC(=O)NC2(C#N)CCCCCC2)cc1. The second-order valence-electron chi connectivity index (χ2n) is 5.76. The van der Waals surface area contributed by atoms with Crippen LogP contribution >= 0.6 is 11.8 Å². The van der Waals surface area contributed by atoms with E-state index in [1.165, 1.54) is 17.3 Å². The zero-order valence-electron chi connectivity index (χ0n) is 12.5. The number of nitrogens with one attached hydrogen (secondary N) is 1. The first kappa shape index (κ1) is 15.9. The number of hydrogen-bond acceptors (Lipinski definition) is 3. The van der Waals surface area contributed by atoms with Gasteiger partial charge in [0.15, 0.2) is 0 Å². The van der Waals surface area contributed by atoms with E-state index in [9.17, 15) is 10.1 Å². The Morgan fingerprint density at radius 1 is 1.24 bits per heavy atom. The first-order valence-electron chi connectivity index (χ1n) is 7.55. The zero-order chi connectivity index (χ0) is 15.1. The molecule has 1 fully saturated rings. The van der Waals surface area contributed by atoms with Crippen molar-refractivity contribution in [3.05, 3.63) is 29.8 Å². The van der Waals surface area contributed by atoms with E-state index in [0.29, 0.717) is 5.75 Å². The number of nitrogens with zero attached hydrogens (tertiary/aromatic N) is 1. The van der Waals surface area contributed by atoms with Gasteiger partial charge in [-0.05, 0) is 31.9 Å². The van der Waals surface area contributed by atoms with Gasteiger partial charge in [0.25, 0.3) is 0 Å². The van der Waals surface area contributed by atoms with Crippen molar-refractivity contribution >= 4 is 17.7 Å². The Balaban J connectivity index is 1.88. The standard InChI is InChI=1S/C17H22N2OS/c1-14-6-8-15(9-7-14)21-12-16(20)19-17(13-18)10-4-2-3-5-11-17/h6-9H,2-5,10-12H2,1H3,(H,19,20). The van der Waals surface area contributed by atoms with E-state index in [2.05, 4.69) is 11.4 Å². The lowest BCUT2D eigenvalue weighted by atomic mass is 9.92. The second-order valence-corrected chi connectivity index (χ2v) is 6.81. The van der Waals surface area contributed by atoms with Gasteiger partial charge in [0, 0.05) is 4.90 Å². The maximum absolute atomic E-state index is 12.1. The topological polar surface area (TPSA) is 52.9 Å². The minimum absolute atomic E-state index is 0.0379. The molecule has 3 nitrogen and oxygen atoms in total. The largest absolute Gasteiger partial charge is 0.337 e. The summed E-state index contributed by atoms with van der Waals surface area (Å²) in [6, 6.07) is 10.5. The molecule has 0 aromatic heterocycles. The van der Waals surface area contributed by atoms with Gasteiger partial charge in [-0.25, -0.2) is 0 Å². The molecule has 1 aliphatic carbocycles. The third kappa shape index (κ3) is 4.78. The molecule has 4 heteroatoms. The highest BCUT2D eigenvalue weighted by Crippen LogP contribution is 2.27. The summed E-state index contributed by atoms with van der Waals surface area (Å²) < 4.78 is 0. The minimum Gasteiger partial charge on any atom is -0.337 e. The summed E-state index contributed by atoms with van der Waals surface area (Å²) in [5.41, 5.74) is 0.576. The number of amides is 1. The lowest BCUT2D eigenvalue weighted by Crippen LogP contribution is -2.47. The van der Waals surface area contributed by atoms with Crippen LogP contribution in [0.25, 0.3) is 0 Å². The number of nitriles is 1. The highest BCUT2D eigenvalue weighted by molar-refractivity contribution is 8.00. The second kappa shape index (κ2) is 7.51. The van der Waals surface area contributed by atoms with Crippen LogP contribution in [-0.2, 0) is 4.79 Å². The lowest BCUT2D eigenvalue weighted by Gasteiger charge is -2.26. The van der Waals surface area contributed by atoms with Crippen LogP contribution in [0.15, 0.2) is 29.2 Å². The Kier molecular flexibility index (Phi) is 5.69. The number of aryl methyl sites for hydroxylation is 1. The predicted molar refractivity (Wildman–Crippen MR) is 86.1 cm³/mol. The van der Waals surface area contributed by atoms with Crippen molar-refractivity contribution in [1.29, 1.82) is 5.26 Å². The smallest absolute Gasteiger partial charge is 0.231 e. The van der Waals surface area contributed by atoms with Crippen LogP contribution in [0, 0.1) is 18.3 Å². The van der Waals surface area contributed by atoms with E-state index in [1.54, 1.807) is 0 Å². The molecule has 1 amide bonds. The van der Waals surface area contributed by atoms with Gasteiger partial charge in [-0.3, -0.25) is 4.79 Å². The number of hydrogen-bond donors (Lipinski definition) is 1. The lowest BCUT2D eigenvalue weighted by molar-refractivity contribution is -0.120. The van der Waals surface area contributed by atoms with E-state index in [4.69, 9.17) is 0 Å². The molecule has 21 heavy (non-hydrogen) atoms. The van der Waals surface area contributed by atoms with Gasteiger partial charge in [-0.15, -0.1) is 11.8 Å². The molecule has 0 heterocycles. The zero-order valence-corrected chi connectivity index (χ0v) is 13.3. The Bertz CT molecular complexity index is 511. The van der Waals surface area contributed by atoms with E-state index >= 15 is 0 Å². The molecule has 0 saturated heterocycles. The Labute approximate surface area is 131 Å². The van der Waals surface area contributed by atoms with Gasteiger partial charge < -0.3 is 5.32 Å². The first-order valence-corrected chi connectivity index (χ1v) is 8.54. The number of carbonyl (C=O) groups excluding carboxylic acids is 1. The Morgan fingerprint density at radius 2 is 1.86 bits per heavy atom. The highest BCUT2D eigenvalue weighted by atomic mass is 32.2. The molecule has 0 spiro atoms. The number of rotatable bonds is 4. The van der Waals surface area contributed by atoms with Gasteiger partial charge in [-0.2, -0.15) is 5.26 Å². The molecule has 2 rings (SSSR count). The Morgan fingerprint density at radius 3 is 2.43 bits per heavy atom. The van der Waals surface area contributed by atoms with Crippen molar-refractivity contribution in [2.75, 3.05) is 5.75 Å². The quantitative estimate of drug-likeness (QED) is 0.679. The number of thioether (sulfide) groups is 1. The summed E-state index contributed by atoms with van der Waals surface area (Å²) in [5.74, 6) is 0.330. The van der Waals surface area contributed by atoms with Gasteiger partial charge in [0.1, 0.15) is 5.54 Å². The van der Waals surface area contributed by atoms with E-state index in [0.717, 1.165) is 43.4 Å². The van der Waals surface area contributed by atoms with Crippen molar-refractivity contribution in [3.63, 3.8) is 0 Å². The molecule has 1 saturated carbocycles. The van der Waals surface area contributed by atoms with Crippen molar-refractivity contribution in [1.82, 2.24) is 5.32 Å². The molecule has 1 aromatic carbocycles. The molecule has 0 atom stereocenters. The average Bonchev–Trinajstić information content (AvgIpc) is 2.73. The molecule has 0 radical (unpaired) electrons. The van der Waals surface area contributed by atoms with Crippen LogP contribution in [0.2, 0.25) is 0 Å². The van der Waals surface area contributed by atoms with Crippen molar-refractivity contribution in [3.8, 4) is 6.07 Å². The molecule has 1 N–H and O–H groups in total. The molecule has 112 valence electrons. The van der Waals surface area contributed by atoms with Gasteiger partial charge >= 0.3 is 0 Å². The molecule has 1 aliphatic rings.